The van der Waals surface area contributed by atoms with Gasteiger partial charge in [-0.25, -0.2) is 4.98 Å². The van der Waals surface area contributed by atoms with E-state index >= 15 is 0 Å². The molecule has 4 nitrogen and oxygen atoms in total. The van der Waals surface area contributed by atoms with Crippen molar-refractivity contribution < 1.29 is 0 Å². The van der Waals surface area contributed by atoms with Crippen LogP contribution in [0.25, 0.3) is 11.0 Å². The molecular formula is C16H22N4. The Morgan fingerprint density at radius 1 is 1.40 bits per heavy atom. The quantitative estimate of drug-likeness (QED) is 0.902. The highest BCUT2D eigenvalue weighted by atomic mass is 15.1. The van der Waals surface area contributed by atoms with E-state index in [1.165, 1.54) is 0 Å². The van der Waals surface area contributed by atoms with Gasteiger partial charge in [0, 0.05) is 25.7 Å². The molecule has 0 aliphatic heterocycles. The zero-order valence-corrected chi connectivity index (χ0v) is 12.7. The summed E-state index contributed by atoms with van der Waals surface area (Å²) in [6.07, 6.45) is 1.51. The second-order valence-corrected chi connectivity index (χ2v) is 6.10. The van der Waals surface area contributed by atoms with Crippen molar-refractivity contribution in [2.75, 3.05) is 11.9 Å². The van der Waals surface area contributed by atoms with Crippen molar-refractivity contribution in [1.29, 1.82) is 5.26 Å². The third-order valence-corrected chi connectivity index (χ3v) is 3.79. The molecule has 0 saturated heterocycles. The van der Waals surface area contributed by atoms with Crippen molar-refractivity contribution in [1.82, 2.24) is 9.55 Å². The first kappa shape index (κ1) is 14.4. The van der Waals surface area contributed by atoms with Crippen LogP contribution in [0, 0.1) is 23.7 Å². The second-order valence-electron chi connectivity index (χ2n) is 6.10. The average Bonchev–Trinajstić information content (AvgIpc) is 2.69. The van der Waals surface area contributed by atoms with Crippen LogP contribution in [0.15, 0.2) is 18.2 Å². The van der Waals surface area contributed by atoms with Crippen LogP contribution >= 0.6 is 0 Å². The third kappa shape index (κ3) is 3.11. The van der Waals surface area contributed by atoms with Crippen LogP contribution in [-0.4, -0.2) is 16.1 Å². The van der Waals surface area contributed by atoms with Gasteiger partial charge in [-0.15, -0.1) is 0 Å². The number of hydrogen-bond donors (Lipinski definition) is 1. The van der Waals surface area contributed by atoms with E-state index in [-0.39, 0.29) is 5.41 Å². The molecule has 0 aliphatic carbocycles. The minimum atomic E-state index is 0.116. The van der Waals surface area contributed by atoms with E-state index in [9.17, 15) is 0 Å². The predicted molar refractivity (Wildman–Crippen MR) is 82.6 cm³/mol. The number of imidazole rings is 1. The minimum absolute atomic E-state index is 0.116. The van der Waals surface area contributed by atoms with Gasteiger partial charge in [0.15, 0.2) is 0 Å². The molecule has 106 valence electrons. The Morgan fingerprint density at radius 3 is 2.85 bits per heavy atom. The standard InChI is InChI=1S/C16H22N4/c1-12-19-14-10-13(6-7-15(14)20(12)4)18-11-16(2,3)8-5-9-17/h6-7,10,18H,5,8,11H2,1-4H3. The lowest BCUT2D eigenvalue weighted by atomic mass is 9.88. The summed E-state index contributed by atoms with van der Waals surface area (Å²) in [5.74, 6) is 1.02. The van der Waals surface area contributed by atoms with Crippen LogP contribution in [-0.2, 0) is 7.05 Å². The lowest BCUT2D eigenvalue weighted by molar-refractivity contribution is 0.364. The molecule has 2 rings (SSSR count). The lowest BCUT2D eigenvalue weighted by Crippen LogP contribution is -2.22. The normalized spacial score (nSPS) is 11.6. The van der Waals surface area contributed by atoms with Crippen LogP contribution < -0.4 is 5.32 Å². The monoisotopic (exact) mass is 270 g/mol. The third-order valence-electron chi connectivity index (χ3n) is 3.79. The highest BCUT2D eigenvalue weighted by Crippen LogP contribution is 2.24. The van der Waals surface area contributed by atoms with Gasteiger partial charge in [-0.05, 0) is 37.0 Å². The number of hydrogen-bond acceptors (Lipinski definition) is 3. The molecule has 2 aromatic rings. The molecule has 1 aromatic heterocycles. The fraction of sp³-hybridized carbons (Fsp3) is 0.500. The molecule has 0 radical (unpaired) electrons. The summed E-state index contributed by atoms with van der Waals surface area (Å²) in [6.45, 7) is 7.23. The second kappa shape index (κ2) is 5.54. The van der Waals surface area contributed by atoms with Crippen molar-refractivity contribution in [3.05, 3.63) is 24.0 Å². The van der Waals surface area contributed by atoms with Crippen molar-refractivity contribution in [3.8, 4) is 6.07 Å². The summed E-state index contributed by atoms with van der Waals surface area (Å²) in [6, 6.07) is 8.48. The number of nitrogens with one attached hydrogen (secondary N) is 1. The van der Waals surface area contributed by atoms with Gasteiger partial charge in [0.1, 0.15) is 5.82 Å². The van der Waals surface area contributed by atoms with Crippen LogP contribution in [0.5, 0.6) is 0 Å². The molecule has 1 aromatic carbocycles. The Morgan fingerprint density at radius 2 is 2.15 bits per heavy atom. The molecule has 0 aliphatic rings. The number of anilines is 1. The smallest absolute Gasteiger partial charge is 0.106 e. The van der Waals surface area contributed by atoms with Crippen molar-refractivity contribution in [2.45, 2.75) is 33.6 Å². The SMILES string of the molecule is Cc1nc2cc(NCC(C)(C)CCC#N)ccc2n1C. The molecule has 0 unspecified atom stereocenters. The number of aryl methyl sites for hydroxylation is 2. The fourth-order valence-corrected chi connectivity index (χ4v) is 2.25. The Balaban J connectivity index is 2.09. The van der Waals surface area contributed by atoms with Crippen molar-refractivity contribution in [3.63, 3.8) is 0 Å². The first-order valence-electron chi connectivity index (χ1n) is 6.97. The van der Waals surface area contributed by atoms with E-state index in [1.807, 2.05) is 14.0 Å². The van der Waals surface area contributed by atoms with Gasteiger partial charge in [0.25, 0.3) is 0 Å². The summed E-state index contributed by atoms with van der Waals surface area (Å²) >= 11 is 0. The van der Waals surface area contributed by atoms with E-state index < -0.39 is 0 Å². The van der Waals surface area contributed by atoms with Crippen molar-refractivity contribution in [2.24, 2.45) is 12.5 Å². The van der Waals surface area contributed by atoms with Crippen LogP contribution in [0.2, 0.25) is 0 Å². The first-order chi connectivity index (χ1) is 9.43. The summed E-state index contributed by atoms with van der Waals surface area (Å²) in [5.41, 5.74) is 3.37. The number of fused-ring (bicyclic) bond motifs is 1. The fourth-order valence-electron chi connectivity index (χ4n) is 2.25. The number of benzene rings is 1. The molecule has 0 amide bonds. The topological polar surface area (TPSA) is 53.6 Å². The molecule has 0 atom stereocenters. The van der Waals surface area contributed by atoms with Crippen LogP contribution in [0.3, 0.4) is 0 Å². The van der Waals surface area contributed by atoms with Crippen LogP contribution in [0.1, 0.15) is 32.5 Å². The lowest BCUT2D eigenvalue weighted by Gasteiger charge is -2.24. The average molecular weight is 270 g/mol. The van der Waals surface area contributed by atoms with Gasteiger partial charge in [-0.1, -0.05) is 13.8 Å². The molecule has 20 heavy (non-hydrogen) atoms. The molecule has 0 saturated carbocycles. The predicted octanol–water partition coefficient (Wildman–Crippen LogP) is 3.62. The molecule has 0 spiro atoms. The number of nitriles is 1. The molecule has 1 heterocycles. The van der Waals surface area contributed by atoms with Crippen molar-refractivity contribution >= 4 is 16.7 Å². The zero-order chi connectivity index (χ0) is 14.8. The maximum absolute atomic E-state index is 8.68. The van der Waals surface area contributed by atoms with E-state index in [0.717, 1.165) is 35.5 Å². The molecule has 1 N–H and O–H groups in total. The molecular weight excluding hydrogens is 248 g/mol. The van der Waals surface area contributed by atoms with E-state index in [1.54, 1.807) is 0 Å². The molecule has 4 heteroatoms. The first-order valence-corrected chi connectivity index (χ1v) is 6.97. The number of rotatable bonds is 5. The summed E-state index contributed by atoms with van der Waals surface area (Å²) in [7, 11) is 2.03. The van der Waals surface area contributed by atoms with E-state index in [0.29, 0.717) is 6.42 Å². The van der Waals surface area contributed by atoms with Gasteiger partial charge < -0.3 is 9.88 Å². The summed E-state index contributed by atoms with van der Waals surface area (Å²) < 4.78 is 2.09. The Labute approximate surface area is 120 Å². The van der Waals surface area contributed by atoms with Gasteiger partial charge in [0.2, 0.25) is 0 Å². The van der Waals surface area contributed by atoms with Gasteiger partial charge >= 0.3 is 0 Å². The zero-order valence-electron chi connectivity index (χ0n) is 12.7. The van der Waals surface area contributed by atoms with E-state index in [4.69, 9.17) is 5.26 Å². The van der Waals surface area contributed by atoms with E-state index in [2.05, 4.69) is 53.0 Å². The maximum atomic E-state index is 8.68. The van der Waals surface area contributed by atoms with Gasteiger partial charge in [-0.3, -0.25) is 0 Å². The Hall–Kier alpha value is -2.02. The highest BCUT2D eigenvalue weighted by Gasteiger charge is 2.17. The van der Waals surface area contributed by atoms with Gasteiger partial charge in [0.05, 0.1) is 17.1 Å². The number of nitrogens with zero attached hydrogens (tertiary/aromatic N) is 3. The minimum Gasteiger partial charge on any atom is -0.384 e. The molecule has 0 bridgehead atoms. The Bertz CT molecular complexity index is 646. The van der Waals surface area contributed by atoms with Gasteiger partial charge in [-0.2, -0.15) is 5.26 Å². The molecule has 0 fully saturated rings. The summed E-state index contributed by atoms with van der Waals surface area (Å²) in [5, 5.41) is 12.1. The Kier molecular flexibility index (Phi) is 3.99. The maximum Gasteiger partial charge on any atom is 0.106 e. The largest absolute Gasteiger partial charge is 0.384 e. The summed E-state index contributed by atoms with van der Waals surface area (Å²) in [4.78, 5) is 4.55. The van der Waals surface area contributed by atoms with Crippen LogP contribution in [0.4, 0.5) is 5.69 Å². The number of aromatic nitrogens is 2. The highest BCUT2D eigenvalue weighted by molar-refractivity contribution is 5.80.